The highest BCUT2D eigenvalue weighted by molar-refractivity contribution is 6.07. The molecule has 2 aliphatic rings. The first-order valence-electron chi connectivity index (χ1n) is 10.1. The van der Waals surface area contributed by atoms with Crippen LogP contribution in [0.1, 0.15) is 44.9 Å². The van der Waals surface area contributed by atoms with Crippen molar-refractivity contribution in [2.45, 2.75) is 18.6 Å². The Morgan fingerprint density at radius 3 is 2.48 bits per heavy atom. The van der Waals surface area contributed by atoms with Crippen LogP contribution in [0.3, 0.4) is 0 Å². The van der Waals surface area contributed by atoms with Gasteiger partial charge in [0.05, 0.1) is 12.2 Å². The van der Waals surface area contributed by atoms with Gasteiger partial charge in [-0.05, 0) is 30.2 Å². The van der Waals surface area contributed by atoms with E-state index in [1.54, 1.807) is 43.3 Å². The van der Waals surface area contributed by atoms with E-state index in [9.17, 15) is 14.4 Å². The van der Waals surface area contributed by atoms with Crippen molar-refractivity contribution in [1.29, 1.82) is 0 Å². The topological polar surface area (TPSA) is 81.7 Å². The van der Waals surface area contributed by atoms with Crippen LogP contribution in [0.4, 0.5) is 0 Å². The van der Waals surface area contributed by atoms with E-state index < -0.39 is 29.5 Å². The van der Waals surface area contributed by atoms with Gasteiger partial charge in [-0.25, -0.2) is 9.59 Å². The molecule has 0 aromatic heterocycles. The molecule has 2 atom stereocenters. The lowest BCUT2D eigenvalue weighted by atomic mass is 9.81. The Bertz CT molecular complexity index is 1220. The Morgan fingerprint density at radius 2 is 1.71 bits per heavy atom. The van der Waals surface area contributed by atoms with Gasteiger partial charge in [-0.1, -0.05) is 60.7 Å². The Morgan fingerprint density at radius 1 is 0.968 bits per heavy atom. The van der Waals surface area contributed by atoms with Crippen molar-refractivity contribution in [3.63, 3.8) is 0 Å². The second kappa shape index (κ2) is 7.09. The second-order valence-electron chi connectivity index (χ2n) is 7.48. The third kappa shape index (κ3) is 2.75. The minimum atomic E-state index is -1.64. The van der Waals surface area contributed by atoms with Crippen LogP contribution in [0, 0.1) is 0 Å². The molecule has 0 saturated heterocycles. The average molecular weight is 413 g/mol. The van der Waals surface area contributed by atoms with E-state index >= 15 is 0 Å². The van der Waals surface area contributed by atoms with E-state index in [1.807, 2.05) is 36.4 Å². The van der Waals surface area contributed by atoms with Gasteiger partial charge in [0, 0.05) is 16.7 Å². The van der Waals surface area contributed by atoms with Crippen molar-refractivity contribution in [3.8, 4) is 11.1 Å². The molecular formula is C25H19NO5. The van der Waals surface area contributed by atoms with E-state index in [0.29, 0.717) is 22.3 Å². The zero-order valence-electron chi connectivity index (χ0n) is 16.8. The molecule has 0 saturated carbocycles. The third-order valence-corrected chi connectivity index (χ3v) is 5.79. The number of nitrogens with one attached hydrogen (secondary N) is 1. The van der Waals surface area contributed by atoms with Gasteiger partial charge >= 0.3 is 11.9 Å². The fourth-order valence-corrected chi connectivity index (χ4v) is 4.39. The number of ether oxygens (including phenoxy) is 2. The normalized spacial score (nSPS) is 21.1. The third-order valence-electron chi connectivity index (χ3n) is 5.79. The molecule has 0 unspecified atom stereocenters. The number of benzene rings is 3. The predicted octanol–water partition coefficient (Wildman–Crippen LogP) is 3.77. The summed E-state index contributed by atoms with van der Waals surface area (Å²) in [5.74, 6) is -1.61. The minimum Gasteiger partial charge on any atom is -0.464 e. The number of carbonyl (C=O) groups is 3. The Hall–Kier alpha value is -3.93. The molecule has 6 nitrogen and oxygen atoms in total. The van der Waals surface area contributed by atoms with Crippen molar-refractivity contribution in [2.24, 2.45) is 0 Å². The van der Waals surface area contributed by atoms with Gasteiger partial charge in [0.1, 0.15) is 0 Å². The Balaban J connectivity index is 1.67. The first kappa shape index (κ1) is 19.1. The lowest BCUT2D eigenvalue weighted by Gasteiger charge is -2.32. The zero-order valence-corrected chi connectivity index (χ0v) is 16.8. The van der Waals surface area contributed by atoms with Gasteiger partial charge in [0.2, 0.25) is 5.54 Å². The number of fused-ring (bicyclic) bond motifs is 2. The van der Waals surface area contributed by atoms with E-state index in [4.69, 9.17) is 9.47 Å². The van der Waals surface area contributed by atoms with Crippen LogP contribution < -0.4 is 5.32 Å². The number of rotatable bonds is 4. The molecule has 2 aliphatic heterocycles. The van der Waals surface area contributed by atoms with E-state index in [0.717, 1.165) is 11.1 Å². The fraction of sp³-hybridized carbons (Fsp3) is 0.160. The first-order chi connectivity index (χ1) is 15.1. The van der Waals surface area contributed by atoms with Gasteiger partial charge in [0.15, 0.2) is 6.10 Å². The van der Waals surface area contributed by atoms with Crippen molar-refractivity contribution in [3.05, 3.63) is 95.1 Å². The minimum absolute atomic E-state index is 0.124. The van der Waals surface area contributed by atoms with Crippen LogP contribution in [0.25, 0.3) is 11.1 Å². The number of cyclic esters (lactones) is 1. The summed E-state index contributed by atoms with van der Waals surface area (Å²) in [7, 11) is 0. The number of carbonyl (C=O) groups excluding carboxylic acids is 3. The van der Waals surface area contributed by atoms with E-state index in [-0.39, 0.29) is 6.61 Å². The molecular weight excluding hydrogens is 394 g/mol. The molecule has 31 heavy (non-hydrogen) atoms. The van der Waals surface area contributed by atoms with Crippen molar-refractivity contribution >= 4 is 17.8 Å². The SMILES string of the molecule is CCOC(=O)[C@@]1([C@@H]2OC(=O)c3cc(-c4ccccc4)ccc32)NC(=O)c2ccccc21. The highest BCUT2D eigenvalue weighted by Gasteiger charge is 2.60. The summed E-state index contributed by atoms with van der Waals surface area (Å²) in [5, 5.41) is 2.78. The summed E-state index contributed by atoms with van der Waals surface area (Å²) in [6.07, 6.45) is -1.04. The zero-order chi connectivity index (χ0) is 21.6. The molecule has 5 rings (SSSR count). The van der Waals surface area contributed by atoms with Crippen molar-refractivity contribution in [2.75, 3.05) is 6.61 Å². The molecule has 3 aromatic rings. The van der Waals surface area contributed by atoms with Gasteiger partial charge in [-0.3, -0.25) is 4.79 Å². The molecule has 0 radical (unpaired) electrons. The highest BCUT2D eigenvalue weighted by atomic mass is 16.6. The maximum absolute atomic E-state index is 13.2. The Kier molecular flexibility index (Phi) is 4.36. The first-order valence-corrected chi connectivity index (χ1v) is 10.1. The molecule has 1 N–H and O–H groups in total. The molecule has 0 fully saturated rings. The Labute approximate surface area is 178 Å². The lowest BCUT2D eigenvalue weighted by Crippen LogP contribution is -2.52. The van der Waals surface area contributed by atoms with Crippen LogP contribution in [0.5, 0.6) is 0 Å². The average Bonchev–Trinajstić information content (AvgIpc) is 3.30. The maximum atomic E-state index is 13.2. The molecule has 6 heteroatoms. The molecule has 154 valence electrons. The smallest absolute Gasteiger partial charge is 0.340 e. The predicted molar refractivity (Wildman–Crippen MR) is 112 cm³/mol. The quantitative estimate of drug-likeness (QED) is 0.659. The summed E-state index contributed by atoms with van der Waals surface area (Å²) in [5.41, 5.74) is 1.89. The van der Waals surface area contributed by atoms with Crippen molar-refractivity contribution in [1.82, 2.24) is 5.32 Å². The summed E-state index contributed by atoms with van der Waals surface area (Å²) in [6, 6.07) is 21.9. The number of hydrogen-bond acceptors (Lipinski definition) is 5. The van der Waals surface area contributed by atoms with Gasteiger partial charge < -0.3 is 14.8 Å². The van der Waals surface area contributed by atoms with Crippen LogP contribution in [0.2, 0.25) is 0 Å². The van der Waals surface area contributed by atoms with Gasteiger partial charge in [-0.2, -0.15) is 0 Å². The standard InChI is InChI=1S/C25H19NO5/c1-2-30-24(29)25(20-11-7-6-10-18(20)22(27)26-25)21-17-13-12-16(14-19(17)23(28)31-21)15-8-4-3-5-9-15/h3-14,21H,2H2,1H3,(H,26,27)/t21-,25-/m1/s1. The van der Waals surface area contributed by atoms with Crippen LogP contribution in [0.15, 0.2) is 72.8 Å². The molecule has 0 bridgehead atoms. The number of amides is 1. The summed E-state index contributed by atoms with van der Waals surface area (Å²) < 4.78 is 11.1. The number of esters is 2. The fourth-order valence-electron chi connectivity index (χ4n) is 4.39. The van der Waals surface area contributed by atoms with E-state index in [1.165, 1.54) is 0 Å². The second-order valence-corrected chi connectivity index (χ2v) is 7.48. The highest BCUT2D eigenvalue weighted by Crippen LogP contribution is 2.48. The lowest BCUT2D eigenvalue weighted by molar-refractivity contribution is -0.156. The van der Waals surface area contributed by atoms with Crippen LogP contribution >= 0.6 is 0 Å². The molecule has 1 amide bonds. The van der Waals surface area contributed by atoms with Gasteiger partial charge in [0.25, 0.3) is 5.91 Å². The maximum Gasteiger partial charge on any atom is 0.340 e. The van der Waals surface area contributed by atoms with Crippen molar-refractivity contribution < 1.29 is 23.9 Å². The van der Waals surface area contributed by atoms with E-state index in [2.05, 4.69) is 5.32 Å². The summed E-state index contributed by atoms with van der Waals surface area (Å²) >= 11 is 0. The number of hydrogen-bond donors (Lipinski definition) is 1. The van der Waals surface area contributed by atoms with Crippen LogP contribution in [-0.4, -0.2) is 24.5 Å². The van der Waals surface area contributed by atoms with Crippen LogP contribution in [-0.2, 0) is 19.8 Å². The molecule has 3 aromatic carbocycles. The van der Waals surface area contributed by atoms with Gasteiger partial charge in [-0.15, -0.1) is 0 Å². The molecule has 0 spiro atoms. The molecule has 0 aliphatic carbocycles. The summed E-state index contributed by atoms with van der Waals surface area (Å²) in [4.78, 5) is 38.8. The summed E-state index contributed by atoms with van der Waals surface area (Å²) in [6.45, 7) is 1.81. The largest absolute Gasteiger partial charge is 0.464 e. The molecule has 2 heterocycles. The monoisotopic (exact) mass is 413 g/mol.